The van der Waals surface area contributed by atoms with Crippen molar-refractivity contribution in [3.8, 4) is 0 Å². The fourth-order valence-electron chi connectivity index (χ4n) is 2.46. The molecule has 0 spiro atoms. The lowest BCUT2D eigenvalue weighted by molar-refractivity contribution is -0.153. The molecule has 0 aromatic carbocycles. The lowest BCUT2D eigenvalue weighted by atomic mass is 10.2. The molecule has 1 fully saturated rings. The van der Waals surface area contributed by atoms with Crippen LogP contribution >= 0.6 is 0 Å². The van der Waals surface area contributed by atoms with Gasteiger partial charge in [0.25, 0.3) is 0 Å². The summed E-state index contributed by atoms with van der Waals surface area (Å²) in [5.74, 6) is 0.440. The van der Waals surface area contributed by atoms with E-state index >= 15 is 0 Å². The molecule has 124 valence electrons. The van der Waals surface area contributed by atoms with E-state index in [1.54, 1.807) is 24.7 Å². The van der Waals surface area contributed by atoms with Crippen LogP contribution in [0.25, 0.3) is 0 Å². The fourth-order valence-corrected chi connectivity index (χ4v) is 2.46. The molecule has 1 aromatic heterocycles. The topological polar surface area (TPSA) is 53.4 Å². The Labute approximate surface area is 126 Å². The molecule has 0 saturated carbocycles. The van der Waals surface area contributed by atoms with E-state index in [1.807, 2.05) is 6.92 Å². The smallest absolute Gasteiger partial charge is 0.322 e. The SMILES string of the molecule is Cc1cc(NC(=O)N2CCN(CC(F)(F)F)[C@@H](C)C2)nn1C. The monoisotopic (exact) mass is 319 g/mol. The number of hydrogen-bond acceptors (Lipinski definition) is 3. The van der Waals surface area contributed by atoms with E-state index in [9.17, 15) is 18.0 Å². The Hall–Kier alpha value is -1.77. The summed E-state index contributed by atoms with van der Waals surface area (Å²) in [5, 5.41) is 6.80. The molecule has 0 aliphatic carbocycles. The van der Waals surface area contributed by atoms with Gasteiger partial charge in [0.15, 0.2) is 5.82 Å². The number of aryl methyl sites for hydroxylation is 2. The molecule has 1 atom stereocenters. The van der Waals surface area contributed by atoms with E-state index in [4.69, 9.17) is 0 Å². The number of halogens is 3. The summed E-state index contributed by atoms with van der Waals surface area (Å²) < 4.78 is 39.0. The van der Waals surface area contributed by atoms with E-state index in [0.29, 0.717) is 5.82 Å². The van der Waals surface area contributed by atoms with Gasteiger partial charge in [-0.2, -0.15) is 18.3 Å². The second-order valence-corrected chi connectivity index (χ2v) is 5.61. The number of amides is 2. The molecule has 1 aliphatic heterocycles. The van der Waals surface area contributed by atoms with Gasteiger partial charge < -0.3 is 4.90 Å². The van der Waals surface area contributed by atoms with Gasteiger partial charge >= 0.3 is 12.2 Å². The largest absolute Gasteiger partial charge is 0.401 e. The van der Waals surface area contributed by atoms with Crippen LogP contribution in [0.4, 0.5) is 23.8 Å². The summed E-state index contributed by atoms with van der Waals surface area (Å²) in [6.07, 6.45) is -4.22. The maximum absolute atomic E-state index is 12.5. The van der Waals surface area contributed by atoms with Gasteiger partial charge in [0.1, 0.15) is 0 Å². The zero-order valence-corrected chi connectivity index (χ0v) is 12.8. The first-order valence-electron chi connectivity index (χ1n) is 7.03. The Morgan fingerprint density at radius 1 is 1.45 bits per heavy atom. The quantitative estimate of drug-likeness (QED) is 0.905. The predicted molar refractivity (Wildman–Crippen MR) is 75.6 cm³/mol. The highest BCUT2D eigenvalue weighted by molar-refractivity contribution is 5.88. The lowest BCUT2D eigenvalue weighted by Gasteiger charge is -2.39. The molecule has 2 rings (SSSR count). The summed E-state index contributed by atoms with van der Waals surface area (Å²) in [5.41, 5.74) is 0.902. The number of piperazine rings is 1. The Bertz CT molecular complexity index is 523. The van der Waals surface area contributed by atoms with Gasteiger partial charge in [-0.25, -0.2) is 4.79 Å². The number of alkyl halides is 3. The summed E-state index contributed by atoms with van der Waals surface area (Å²) in [6, 6.07) is 1.06. The molecule has 1 aromatic rings. The molecule has 2 amide bonds. The second-order valence-electron chi connectivity index (χ2n) is 5.61. The number of aromatic nitrogens is 2. The van der Waals surface area contributed by atoms with Gasteiger partial charge in [-0.15, -0.1) is 0 Å². The third kappa shape index (κ3) is 4.12. The van der Waals surface area contributed by atoms with Crippen molar-refractivity contribution in [2.24, 2.45) is 7.05 Å². The van der Waals surface area contributed by atoms with Crippen molar-refractivity contribution in [3.63, 3.8) is 0 Å². The summed E-state index contributed by atoms with van der Waals surface area (Å²) >= 11 is 0. The van der Waals surface area contributed by atoms with Gasteiger partial charge in [-0.1, -0.05) is 0 Å². The van der Waals surface area contributed by atoms with E-state index in [0.717, 1.165) is 5.69 Å². The number of anilines is 1. The molecular formula is C13H20F3N5O. The van der Waals surface area contributed by atoms with Crippen LogP contribution in [0.3, 0.4) is 0 Å². The van der Waals surface area contributed by atoms with Crippen molar-refractivity contribution in [2.75, 3.05) is 31.5 Å². The van der Waals surface area contributed by atoms with Crippen LogP contribution in [0.2, 0.25) is 0 Å². The van der Waals surface area contributed by atoms with E-state index in [2.05, 4.69) is 10.4 Å². The van der Waals surface area contributed by atoms with Gasteiger partial charge in [0.2, 0.25) is 0 Å². The zero-order valence-electron chi connectivity index (χ0n) is 12.8. The molecule has 22 heavy (non-hydrogen) atoms. The number of urea groups is 1. The average molecular weight is 319 g/mol. The Morgan fingerprint density at radius 3 is 2.64 bits per heavy atom. The molecule has 0 bridgehead atoms. The standard InChI is InChI=1S/C13H20F3N5O/c1-9-6-11(18-19(9)3)17-12(22)20-4-5-21(10(2)7-20)8-13(14,15)16/h6,10H,4-5,7-8H2,1-3H3,(H,17,18,22)/t10-/m0/s1. The van der Waals surface area contributed by atoms with Crippen LogP contribution in [0, 0.1) is 6.92 Å². The Morgan fingerprint density at radius 2 is 2.14 bits per heavy atom. The average Bonchev–Trinajstić information content (AvgIpc) is 2.69. The number of carbonyl (C=O) groups excluding carboxylic acids is 1. The highest BCUT2D eigenvalue weighted by Crippen LogP contribution is 2.20. The molecule has 0 radical (unpaired) electrons. The van der Waals surface area contributed by atoms with E-state index < -0.39 is 12.7 Å². The number of carbonyl (C=O) groups is 1. The summed E-state index contributed by atoms with van der Waals surface area (Å²) in [4.78, 5) is 15.0. The molecule has 2 heterocycles. The van der Waals surface area contributed by atoms with Crippen LogP contribution in [-0.2, 0) is 7.05 Å². The highest BCUT2D eigenvalue weighted by atomic mass is 19.4. The van der Waals surface area contributed by atoms with Gasteiger partial charge in [-0.3, -0.25) is 14.9 Å². The van der Waals surface area contributed by atoms with Crippen molar-refractivity contribution in [1.82, 2.24) is 19.6 Å². The van der Waals surface area contributed by atoms with Crippen molar-refractivity contribution in [3.05, 3.63) is 11.8 Å². The molecule has 1 saturated heterocycles. The third-order valence-electron chi connectivity index (χ3n) is 3.78. The van der Waals surface area contributed by atoms with Gasteiger partial charge in [-0.05, 0) is 13.8 Å². The van der Waals surface area contributed by atoms with Crippen LogP contribution in [-0.4, -0.2) is 64.0 Å². The minimum Gasteiger partial charge on any atom is -0.322 e. The predicted octanol–water partition coefficient (Wildman–Crippen LogP) is 1.83. The lowest BCUT2D eigenvalue weighted by Crippen LogP contribution is -2.56. The first-order valence-corrected chi connectivity index (χ1v) is 7.03. The van der Waals surface area contributed by atoms with Crippen molar-refractivity contribution < 1.29 is 18.0 Å². The maximum atomic E-state index is 12.5. The molecule has 6 nitrogen and oxygen atoms in total. The maximum Gasteiger partial charge on any atom is 0.401 e. The van der Waals surface area contributed by atoms with Gasteiger partial charge in [0, 0.05) is 44.5 Å². The van der Waals surface area contributed by atoms with E-state index in [-0.39, 0.29) is 31.7 Å². The Kier molecular flexibility index (Phi) is 4.64. The number of hydrogen-bond donors (Lipinski definition) is 1. The van der Waals surface area contributed by atoms with Gasteiger partial charge in [0.05, 0.1) is 6.54 Å². The first kappa shape index (κ1) is 16.6. The van der Waals surface area contributed by atoms with Crippen molar-refractivity contribution >= 4 is 11.8 Å². The van der Waals surface area contributed by atoms with Crippen molar-refractivity contribution in [2.45, 2.75) is 26.1 Å². The fraction of sp³-hybridized carbons (Fsp3) is 0.692. The molecule has 1 N–H and O–H groups in total. The van der Waals surface area contributed by atoms with Crippen molar-refractivity contribution in [1.29, 1.82) is 0 Å². The van der Waals surface area contributed by atoms with Crippen LogP contribution in [0.5, 0.6) is 0 Å². The molecule has 0 unspecified atom stereocenters. The third-order valence-corrected chi connectivity index (χ3v) is 3.78. The molecule has 1 aliphatic rings. The molecular weight excluding hydrogens is 299 g/mol. The highest BCUT2D eigenvalue weighted by Gasteiger charge is 2.36. The minimum atomic E-state index is -4.22. The minimum absolute atomic E-state index is 0.204. The number of rotatable bonds is 2. The second kappa shape index (κ2) is 6.15. The summed E-state index contributed by atoms with van der Waals surface area (Å²) in [7, 11) is 1.77. The number of nitrogens with zero attached hydrogens (tertiary/aromatic N) is 4. The summed E-state index contributed by atoms with van der Waals surface area (Å²) in [6.45, 7) is 3.33. The van der Waals surface area contributed by atoms with Crippen LogP contribution in [0.1, 0.15) is 12.6 Å². The zero-order chi connectivity index (χ0) is 16.5. The first-order chi connectivity index (χ1) is 10.2. The molecule has 9 heteroatoms. The van der Waals surface area contributed by atoms with Crippen LogP contribution < -0.4 is 5.32 Å². The van der Waals surface area contributed by atoms with E-state index in [1.165, 1.54) is 9.80 Å². The van der Waals surface area contributed by atoms with Crippen LogP contribution in [0.15, 0.2) is 6.07 Å². The normalized spacial score (nSPS) is 20.3. The Balaban J connectivity index is 1.91. The number of nitrogens with one attached hydrogen (secondary N) is 1.